The zero-order valence-electron chi connectivity index (χ0n) is 8.57. The Labute approximate surface area is 88.0 Å². The third-order valence-corrected chi connectivity index (χ3v) is 2.32. The molecule has 0 saturated carbocycles. The van der Waals surface area contributed by atoms with Crippen LogP contribution < -0.4 is 11.3 Å². The second kappa shape index (κ2) is 4.44. The van der Waals surface area contributed by atoms with E-state index in [0.29, 0.717) is 6.61 Å². The summed E-state index contributed by atoms with van der Waals surface area (Å²) in [5.41, 5.74) is 3.53. The second-order valence-corrected chi connectivity index (χ2v) is 3.36. The van der Waals surface area contributed by atoms with E-state index in [-0.39, 0.29) is 6.04 Å². The molecule has 1 aromatic carbocycles. The Hall–Kier alpha value is -1.36. The molecule has 80 valence electrons. The van der Waals surface area contributed by atoms with Gasteiger partial charge in [-0.2, -0.15) is 0 Å². The van der Waals surface area contributed by atoms with Gasteiger partial charge in [0.25, 0.3) is 0 Å². The largest absolute Gasteiger partial charge is 0.459 e. The summed E-state index contributed by atoms with van der Waals surface area (Å²) in [5.74, 6) is 6.21. The van der Waals surface area contributed by atoms with Crippen molar-refractivity contribution in [1.29, 1.82) is 0 Å². The predicted octanol–water partition coefficient (Wildman–Crippen LogP) is 1.58. The fourth-order valence-electron chi connectivity index (χ4n) is 1.55. The van der Waals surface area contributed by atoms with E-state index in [4.69, 9.17) is 15.0 Å². The number of rotatable bonds is 4. The van der Waals surface area contributed by atoms with Gasteiger partial charge in [0.05, 0.1) is 6.61 Å². The Balaban J connectivity index is 2.34. The van der Waals surface area contributed by atoms with Crippen molar-refractivity contribution in [2.75, 3.05) is 13.7 Å². The Morgan fingerprint density at radius 1 is 1.47 bits per heavy atom. The number of hydrogen-bond acceptors (Lipinski definition) is 4. The van der Waals surface area contributed by atoms with Gasteiger partial charge in [-0.05, 0) is 12.1 Å². The molecule has 0 radical (unpaired) electrons. The Kier molecular flexibility index (Phi) is 3.01. The maximum Gasteiger partial charge on any atom is 0.134 e. The van der Waals surface area contributed by atoms with E-state index in [1.54, 1.807) is 7.11 Å². The number of ether oxygens (including phenoxy) is 1. The predicted molar refractivity (Wildman–Crippen MR) is 58.2 cm³/mol. The highest BCUT2D eigenvalue weighted by molar-refractivity contribution is 5.77. The monoisotopic (exact) mass is 206 g/mol. The van der Waals surface area contributed by atoms with Gasteiger partial charge in [-0.15, -0.1) is 0 Å². The minimum Gasteiger partial charge on any atom is -0.459 e. The molecule has 2 rings (SSSR count). The van der Waals surface area contributed by atoms with Gasteiger partial charge in [0.1, 0.15) is 17.4 Å². The molecule has 1 atom stereocenters. The van der Waals surface area contributed by atoms with Crippen LogP contribution in [0, 0.1) is 0 Å². The van der Waals surface area contributed by atoms with Crippen molar-refractivity contribution < 1.29 is 9.15 Å². The molecule has 0 fully saturated rings. The van der Waals surface area contributed by atoms with Crippen molar-refractivity contribution in [1.82, 2.24) is 5.43 Å². The second-order valence-electron chi connectivity index (χ2n) is 3.36. The standard InChI is InChI=1S/C11H14N2O2/c1-14-7-9(13-12)11-6-8-4-2-3-5-10(8)15-11/h2-6,9,13H,7,12H2,1H3. The summed E-state index contributed by atoms with van der Waals surface area (Å²) in [7, 11) is 1.63. The molecule has 0 saturated heterocycles. The molecule has 0 aliphatic heterocycles. The summed E-state index contributed by atoms with van der Waals surface area (Å²) in [5, 5.41) is 1.07. The Morgan fingerprint density at radius 3 is 2.93 bits per heavy atom. The summed E-state index contributed by atoms with van der Waals surface area (Å²) in [6.07, 6.45) is 0. The first-order valence-corrected chi connectivity index (χ1v) is 4.78. The normalized spacial score (nSPS) is 13.2. The number of para-hydroxylation sites is 1. The van der Waals surface area contributed by atoms with Crippen molar-refractivity contribution >= 4 is 11.0 Å². The summed E-state index contributed by atoms with van der Waals surface area (Å²) < 4.78 is 10.7. The first-order chi connectivity index (χ1) is 7.35. The summed E-state index contributed by atoms with van der Waals surface area (Å²) >= 11 is 0. The van der Waals surface area contributed by atoms with Crippen molar-refractivity contribution in [2.45, 2.75) is 6.04 Å². The van der Waals surface area contributed by atoms with Crippen LogP contribution in [0.15, 0.2) is 34.7 Å². The van der Waals surface area contributed by atoms with Crippen LogP contribution in [0.2, 0.25) is 0 Å². The number of fused-ring (bicyclic) bond motifs is 1. The Bertz CT molecular complexity index is 406. The molecular formula is C11H14N2O2. The average molecular weight is 206 g/mol. The zero-order valence-corrected chi connectivity index (χ0v) is 8.57. The van der Waals surface area contributed by atoms with Crippen LogP contribution in [0.5, 0.6) is 0 Å². The molecule has 4 nitrogen and oxygen atoms in total. The lowest BCUT2D eigenvalue weighted by molar-refractivity contribution is 0.158. The zero-order chi connectivity index (χ0) is 10.7. The first kappa shape index (κ1) is 10.2. The topological polar surface area (TPSA) is 60.4 Å². The molecular weight excluding hydrogens is 192 g/mol. The van der Waals surface area contributed by atoms with E-state index in [1.165, 1.54) is 0 Å². The molecule has 0 aliphatic rings. The van der Waals surface area contributed by atoms with Crippen molar-refractivity contribution in [3.05, 3.63) is 36.1 Å². The average Bonchev–Trinajstić information content (AvgIpc) is 2.69. The number of hydrogen-bond donors (Lipinski definition) is 2. The quantitative estimate of drug-likeness (QED) is 0.589. The molecule has 0 amide bonds. The Morgan fingerprint density at radius 2 is 2.27 bits per heavy atom. The van der Waals surface area contributed by atoms with Crippen molar-refractivity contribution in [3.63, 3.8) is 0 Å². The SMILES string of the molecule is COCC(NN)c1cc2ccccc2o1. The minimum absolute atomic E-state index is 0.109. The number of furan rings is 1. The van der Waals surface area contributed by atoms with Crippen LogP contribution in [0.4, 0.5) is 0 Å². The van der Waals surface area contributed by atoms with E-state index >= 15 is 0 Å². The van der Waals surface area contributed by atoms with Crippen molar-refractivity contribution in [2.24, 2.45) is 5.84 Å². The maximum absolute atomic E-state index is 5.65. The summed E-state index contributed by atoms with van der Waals surface area (Å²) in [4.78, 5) is 0. The number of nitrogens with two attached hydrogens (primary N) is 1. The highest BCUT2D eigenvalue weighted by Gasteiger charge is 2.14. The van der Waals surface area contributed by atoms with Crippen molar-refractivity contribution in [3.8, 4) is 0 Å². The fraction of sp³-hybridized carbons (Fsp3) is 0.273. The smallest absolute Gasteiger partial charge is 0.134 e. The number of methoxy groups -OCH3 is 1. The van der Waals surface area contributed by atoms with E-state index in [2.05, 4.69) is 5.43 Å². The molecule has 4 heteroatoms. The number of nitrogens with one attached hydrogen (secondary N) is 1. The molecule has 2 aromatic rings. The summed E-state index contributed by atoms with van der Waals surface area (Å²) in [6, 6.07) is 9.71. The van der Waals surface area contributed by atoms with Gasteiger partial charge in [-0.3, -0.25) is 5.84 Å². The molecule has 15 heavy (non-hydrogen) atoms. The number of hydrazine groups is 1. The summed E-state index contributed by atoms with van der Waals surface area (Å²) in [6.45, 7) is 0.482. The van der Waals surface area contributed by atoms with Gasteiger partial charge in [0, 0.05) is 12.5 Å². The van der Waals surface area contributed by atoms with E-state index in [0.717, 1.165) is 16.7 Å². The van der Waals surface area contributed by atoms with Gasteiger partial charge in [0.15, 0.2) is 0 Å². The lowest BCUT2D eigenvalue weighted by atomic mass is 10.2. The van der Waals surface area contributed by atoms with Crippen LogP contribution in [-0.4, -0.2) is 13.7 Å². The van der Waals surface area contributed by atoms with Crippen LogP contribution >= 0.6 is 0 Å². The molecule has 3 N–H and O–H groups in total. The van der Waals surface area contributed by atoms with Gasteiger partial charge < -0.3 is 9.15 Å². The number of benzene rings is 1. The molecule has 1 aromatic heterocycles. The lowest BCUT2D eigenvalue weighted by Gasteiger charge is -2.10. The molecule has 1 unspecified atom stereocenters. The first-order valence-electron chi connectivity index (χ1n) is 4.78. The molecule has 0 spiro atoms. The van der Waals surface area contributed by atoms with Crippen LogP contribution in [0.3, 0.4) is 0 Å². The third kappa shape index (κ3) is 2.02. The maximum atomic E-state index is 5.65. The van der Waals surface area contributed by atoms with Gasteiger partial charge in [-0.25, -0.2) is 5.43 Å². The van der Waals surface area contributed by atoms with E-state index < -0.39 is 0 Å². The lowest BCUT2D eigenvalue weighted by Crippen LogP contribution is -2.30. The van der Waals surface area contributed by atoms with Gasteiger partial charge in [0.2, 0.25) is 0 Å². The van der Waals surface area contributed by atoms with Crippen LogP contribution in [0.1, 0.15) is 11.8 Å². The molecule has 0 bridgehead atoms. The van der Waals surface area contributed by atoms with E-state index in [1.807, 2.05) is 30.3 Å². The highest BCUT2D eigenvalue weighted by atomic mass is 16.5. The van der Waals surface area contributed by atoms with E-state index in [9.17, 15) is 0 Å². The minimum atomic E-state index is -0.109. The van der Waals surface area contributed by atoms with Gasteiger partial charge in [-0.1, -0.05) is 18.2 Å². The third-order valence-electron chi connectivity index (χ3n) is 2.32. The fourth-order valence-corrected chi connectivity index (χ4v) is 1.55. The van der Waals surface area contributed by atoms with Crippen LogP contribution in [0.25, 0.3) is 11.0 Å². The van der Waals surface area contributed by atoms with Crippen LogP contribution in [-0.2, 0) is 4.74 Å². The van der Waals surface area contributed by atoms with Gasteiger partial charge >= 0.3 is 0 Å². The highest BCUT2D eigenvalue weighted by Crippen LogP contribution is 2.23. The molecule has 1 heterocycles. The molecule has 0 aliphatic carbocycles.